The third-order valence-electron chi connectivity index (χ3n) is 5.58. The Hall–Kier alpha value is -0.280. The summed E-state index contributed by atoms with van der Waals surface area (Å²) in [7, 11) is 2.02. The van der Waals surface area contributed by atoms with Gasteiger partial charge in [-0.15, -0.1) is 12.4 Å². The second kappa shape index (κ2) is 10.5. The molecular formula is C18H35ClN2O. The van der Waals surface area contributed by atoms with E-state index >= 15 is 0 Å². The SMILES string of the molecule is CCCCC1CCC(C(=O)N2CCC(CNC)CC2)CC1.Cl. The van der Waals surface area contributed by atoms with Crippen molar-refractivity contribution in [2.24, 2.45) is 17.8 Å². The summed E-state index contributed by atoms with van der Waals surface area (Å²) < 4.78 is 0. The Morgan fingerprint density at radius 2 is 1.68 bits per heavy atom. The Morgan fingerprint density at radius 1 is 1.05 bits per heavy atom. The summed E-state index contributed by atoms with van der Waals surface area (Å²) in [6.45, 7) is 5.35. The van der Waals surface area contributed by atoms with Gasteiger partial charge in [-0.1, -0.05) is 26.2 Å². The molecule has 0 spiro atoms. The van der Waals surface area contributed by atoms with E-state index in [-0.39, 0.29) is 12.4 Å². The smallest absolute Gasteiger partial charge is 0.225 e. The minimum Gasteiger partial charge on any atom is -0.342 e. The van der Waals surface area contributed by atoms with Crippen LogP contribution in [0.2, 0.25) is 0 Å². The van der Waals surface area contributed by atoms with Crippen LogP contribution in [0.15, 0.2) is 0 Å². The van der Waals surface area contributed by atoms with Crippen molar-refractivity contribution in [1.29, 1.82) is 0 Å². The van der Waals surface area contributed by atoms with Crippen LogP contribution >= 0.6 is 12.4 Å². The van der Waals surface area contributed by atoms with E-state index in [1.165, 1.54) is 44.9 Å². The molecule has 130 valence electrons. The Balaban J connectivity index is 0.00000242. The molecule has 0 atom stereocenters. The van der Waals surface area contributed by atoms with Crippen molar-refractivity contribution in [3.8, 4) is 0 Å². The first kappa shape index (κ1) is 19.8. The fraction of sp³-hybridized carbons (Fsp3) is 0.944. The van der Waals surface area contributed by atoms with Gasteiger partial charge in [-0.3, -0.25) is 4.79 Å². The van der Waals surface area contributed by atoms with Gasteiger partial charge in [0.15, 0.2) is 0 Å². The van der Waals surface area contributed by atoms with E-state index in [9.17, 15) is 4.79 Å². The first-order valence-electron chi connectivity index (χ1n) is 9.18. The number of carbonyl (C=O) groups is 1. The van der Waals surface area contributed by atoms with Gasteiger partial charge in [0.05, 0.1) is 0 Å². The summed E-state index contributed by atoms with van der Waals surface area (Å²) in [6.07, 6.45) is 11.3. The molecule has 0 aromatic heterocycles. The zero-order chi connectivity index (χ0) is 15.1. The van der Waals surface area contributed by atoms with Crippen molar-refractivity contribution in [3.05, 3.63) is 0 Å². The molecule has 1 N–H and O–H groups in total. The molecule has 1 heterocycles. The number of nitrogens with one attached hydrogen (secondary N) is 1. The van der Waals surface area contributed by atoms with Gasteiger partial charge < -0.3 is 10.2 Å². The maximum Gasteiger partial charge on any atom is 0.225 e. The second-order valence-electron chi connectivity index (χ2n) is 7.19. The number of rotatable bonds is 6. The first-order chi connectivity index (χ1) is 10.2. The molecule has 2 rings (SSSR count). The maximum absolute atomic E-state index is 12.6. The Bertz CT molecular complexity index is 308. The summed E-state index contributed by atoms with van der Waals surface area (Å²) >= 11 is 0. The molecule has 4 heteroatoms. The van der Waals surface area contributed by atoms with E-state index in [1.54, 1.807) is 0 Å². The fourth-order valence-corrected chi connectivity index (χ4v) is 4.10. The zero-order valence-corrected chi connectivity index (χ0v) is 15.3. The maximum atomic E-state index is 12.6. The summed E-state index contributed by atoms with van der Waals surface area (Å²) in [6, 6.07) is 0. The molecule has 0 unspecified atom stereocenters. The van der Waals surface area contributed by atoms with Crippen LogP contribution in [0, 0.1) is 17.8 Å². The lowest BCUT2D eigenvalue weighted by Gasteiger charge is -2.36. The predicted octanol–water partition coefficient (Wildman–Crippen LogP) is 3.86. The lowest BCUT2D eigenvalue weighted by molar-refractivity contribution is -0.138. The molecule has 1 saturated heterocycles. The predicted molar refractivity (Wildman–Crippen MR) is 95.5 cm³/mol. The highest BCUT2D eigenvalue weighted by molar-refractivity contribution is 5.85. The molecule has 1 saturated carbocycles. The van der Waals surface area contributed by atoms with E-state index < -0.39 is 0 Å². The Morgan fingerprint density at radius 3 is 2.23 bits per heavy atom. The van der Waals surface area contributed by atoms with Crippen LogP contribution in [-0.4, -0.2) is 37.5 Å². The summed E-state index contributed by atoms with van der Waals surface area (Å²) in [5.41, 5.74) is 0. The van der Waals surface area contributed by atoms with E-state index in [2.05, 4.69) is 17.1 Å². The van der Waals surface area contributed by atoms with Crippen molar-refractivity contribution in [3.63, 3.8) is 0 Å². The number of unbranched alkanes of at least 4 members (excludes halogenated alkanes) is 1. The molecule has 22 heavy (non-hydrogen) atoms. The molecule has 0 aromatic carbocycles. The van der Waals surface area contributed by atoms with Crippen LogP contribution in [0.4, 0.5) is 0 Å². The molecule has 0 bridgehead atoms. The van der Waals surface area contributed by atoms with Crippen LogP contribution in [-0.2, 0) is 4.79 Å². The van der Waals surface area contributed by atoms with Gasteiger partial charge in [-0.05, 0) is 64.0 Å². The lowest BCUT2D eigenvalue weighted by atomic mass is 9.79. The molecule has 0 radical (unpaired) electrons. The molecule has 1 amide bonds. The minimum atomic E-state index is 0. The third kappa shape index (κ3) is 5.73. The summed E-state index contributed by atoms with van der Waals surface area (Å²) in [5.74, 6) is 2.47. The molecule has 0 aromatic rings. The number of hydrogen-bond acceptors (Lipinski definition) is 2. The zero-order valence-electron chi connectivity index (χ0n) is 14.5. The third-order valence-corrected chi connectivity index (χ3v) is 5.58. The van der Waals surface area contributed by atoms with Crippen molar-refractivity contribution >= 4 is 18.3 Å². The highest BCUT2D eigenvalue weighted by atomic mass is 35.5. The Labute approximate surface area is 143 Å². The van der Waals surface area contributed by atoms with Crippen LogP contribution in [0.25, 0.3) is 0 Å². The number of nitrogens with zero attached hydrogens (tertiary/aromatic N) is 1. The topological polar surface area (TPSA) is 32.3 Å². The lowest BCUT2D eigenvalue weighted by Crippen LogP contribution is -2.43. The van der Waals surface area contributed by atoms with Crippen LogP contribution in [0.1, 0.15) is 64.7 Å². The number of hydrogen-bond donors (Lipinski definition) is 1. The standard InChI is InChI=1S/C18H34N2O.ClH/c1-3-4-5-15-6-8-17(9-7-15)18(21)20-12-10-16(11-13-20)14-19-2;/h15-17,19H,3-14H2,1-2H3;1H. The quantitative estimate of drug-likeness (QED) is 0.802. The Kier molecular flexibility index (Phi) is 9.42. The monoisotopic (exact) mass is 330 g/mol. The molecular weight excluding hydrogens is 296 g/mol. The van der Waals surface area contributed by atoms with Crippen LogP contribution in [0.3, 0.4) is 0 Å². The fourth-order valence-electron chi connectivity index (χ4n) is 4.10. The van der Waals surface area contributed by atoms with Gasteiger partial charge in [0.25, 0.3) is 0 Å². The largest absolute Gasteiger partial charge is 0.342 e. The first-order valence-corrected chi connectivity index (χ1v) is 9.18. The van der Waals surface area contributed by atoms with Gasteiger partial charge in [0.2, 0.25) is 5.91 Å². The minimum absolute atomic E-state index is 0. The summed E-state index contributed by atoms with van der Waals surface area (Å²) in [5, 5.41) is 3.26. The summed E-state index contributed by atoms with van der Waals surface area (Å²) in [4.78, 5) is 14.8. The number of halogens is 1. The highest BCUT2D eigenvalue weighted by Crippen LogP contribution is 2.33. The van der Waals surface area contributed by atoms with Gasteiger partial charge in [0.1, 0.15) is 0 Å². The van der Waals surface area contributed by atoms with Crippen molar-refractivity contribution in [2.45, 2.75) is 64.7 Å². The normalized spacial score (nSPS) is 26.5. The number of piperidine rings is 1. The van der Waals surface area contributed by atoms with Crippen molar-refractivity contribution in [1.82, 2.24) is 10.2 Å². The molecule has 1 aliphatic carbocycles. The van der Waals surface area contributed by atoms with Gasteiger partial charge in [-0.25, -0.2) is 0 Å². The molecule has 2 aliphatic rings. The van der Waals surface area contributed by atoms with Crippen LogP contribution in [0.5, 0.6) is 0 Å². The average Bonchev–Trinajstić information content (AvgIpc) is 2.54. The number of amides is 1. The van der Waals surface area contributed by atoms with E-state index in [1.807, 2.05) is 7.05 Å². The number of likely N-dealkylation sites (tertiary alicyclic amines) is 1. The van der Waals surface area contributed by atoms with Gasteiger partial charge >= 0.3 is 0 Å². The van der Waals surface area contributed by atoms with E-state index in [0.29, 0.717) is 11.8 Å². The van der Waals surface area contributed by atoms with Crippen LogP contribution < -0.4 is 5.32 Å². The van der Waals surface area contributed by atoms with E-state index in [0.717, 1.165) is 44.3 Å². The van der Waals surface area contributed by atoms with Crippen molar-refractivity contribution < 1.29 is 4.79 Å². The van der Waals surface area contributed by atoms with Crippen molar-refractivity contribution in [2.75, 3.05) is 26.7 Å². The van der Waals surface area contributed by atoms with Gasteiger partial charge in [0, 0.05) is 19.0 Å². The second-order valence-corrected chi connectivity index (χ2v) is 7.19. The molecule has 2 fully saturated rings. The molecule has 1 aliphatic heterocycles. The molecule has 3 nitrogen and oxygen atoms in total. The average molecular weight is 331 g/mol. The highest BCUT2D eigenvalue weighted by Gasteiger charge is 2.31. The number of carbonyl (C=O) groups excluding carboxylic acids is 1. The van der Waals surface area contributed by atoms with Gasteiger partial charge in [-0.2, -0.15) is 0 Å². The van der Waals surface area contributed by atoms with E-state index in [4.69, 9.17) is 0 Å².